The molecule has 1 aromatic carbocycles. The average Bonchev–Trinajstić information content (AvgIpc) is 2.58. The molecule has 25 heavy (non-hydrogen) atoms. The molecule has 3 rings (SSSR count). The third-order valence-corrected chi connectivity index (χ3v) is 4.37. The highest BCUT2D eigenvalue weighted by molar-refractivity contribution is 7.99. The van der Waals surface area contributed by atoms with Crippen molar-refractivity contribution in [2.24, 2.45) is 0 Å². The molecule has 0 saturated carbocycles. The van der Waals surface area contributed by atoms with E-state index in [2.05, 4.69) is 9.97 Å². The molecular formula is C16H19N5O3S. The molecule has 1 aliphatic heterocycles. The maximum atomic E-state index is 12.3. The average molecular weight is 361 g/mol. The summed E-state index contributed by atoms with van der Waals surface area (Å²) in [6.45, 7) is 0.824. The first-order valence-corrected chi connectivity index (χ1v) is 8.65. The summed E-state index contributed by atoms with van der Waals surface area (Å²) in [6.07, 6.45) is -0.215. The van der Waals surface area contributed by atoms with Crippen LogP contribution in [0, 0.1) is 0 Å². The standard InChI is InChI=1S/C16H19N5O3S/c1-21(7-10-8-23-11-4-2-3-5-12(11)24-10)15(22)9-25-16-19-13(17)6-14(18)20-16/h2-6,10H,7-9H2,1H3,(H4,17,18,19,20)/t10-/m0/s1. The lowest BCUT2D eigenvalue weighted by atomic mass is 10.2. The Kier molecular flexibility index (Phi) is 5.13. The van der Waals surface area contributed by atoms with E-state index in [0.29, 0.717) is 24.1 Å². The molecule has 0 aliphatic carbocycles. The minimum atomic E-state index is -0.215. The number of carbonyl (C=O) groups is 1. The summed E-state index contributed by atoms with van der Waals surface area (Å²) in [5.41, 5.74) is 11.2. The van der Waals surface area contributed by atoms with Crippen molar-refractivity contribution in [3.8, 4) is 11.5 Å². The van der Waals surface area contributed by atoms with Gasteiger partial charge < -0.3 is 25.8 Å². The Morgan fingerprint density at radius 1 is 1.28 bits per heavy atom. The molecule has 0 unspecified atom stereocenters. The van der Waals surface area contributed by atoms with Gasteiger partial charge in [0, 0.05) is 13.1 Å². The van der Waals surface area contributed by atoms with Crippen molar-refractivity contribution in [3.63, 3.8) is 0 Å². The van der Waals surface area contributed by atoms with E-state index in [1.165, 1.54) is 17.8 Å². The Balaban J connectivity index is 1.51. The number of ether oxygens (including phenoxy) is 2. The summed E-state index contributed by atoms with van der Waals surface area (Å²) in [5, 5.41) is 0.380. The fourth-order valence-corrected chi connectivity index (χ4v) is 3.14. The Morgan fingerprint density at radius 3 is 2.68 bits per heavy atom. The summed E-state index contributed by atoms with van der Waals surface area (Å²) in [6, 6.07) is 8.94. The molecule has 0 radical (unpaired) electrons. The quantitative estimate of drug-likeness (QED) is 0.599. The van der Waals surface area contributed by atoms with Crippen molar-refractivity contribution < 1.29 is 14.3 Å². The van der Waals surface area contributed by atoms with Crippen molar-refractivity contribution in [3.05, 3.63) is 30.3 Å². The first-order chi connectivity index (χ1) is 12.0. The summed E-state index contributed by atoms with van der Waals surface area (Å²) < 4.78 is 11.5. The second kappa shape index (κ2) is 7.47. The Labute approximate surface area is 149 Å². The third kappa shape index (κ3) is 4.44. The molecule has 0 saturated heterocycles. The van der Waals surface area contributed by atoms with Crippen LogP contribution in [0.1, 0.15) is 0 Å². The van der Waals surface area contributed by atoms with E-state index in [4.69, 9.17) is 20.9 Å². The second-order valence-electron chi connectivity index (χ2n) is 5.56. The normalized spacial score (nSPS) is 15.6. The summed E-state index contributed by atoms with van der Waals surface area (Å²) >= 11 is 1.19. The molecule has 8 nitrogen and oxygen atoms in total. The van der Waals surface area contributed by atoms with E-state index in [9.17, 15) is 4.79 Å². The maximum absolute atomic E-state index is 12.3. The molecule has 0 spiro atoms. The van der Waals surface area contributed by atoms with Crippen LogP contribution in [0.5, 0.6) is 11.5 Å². The molecule has 4 N–H and O–H groups in total. The number of thioether (sulfide) groups is 1. The van der Waals surface area contributed by atoms with E-state index in [1.54, 1.807) is 11.9 Å². The summed E-state index contributed by atoms with van der Waals surface area (Å²) in [5.74, 6) is 2.09. The van der Waals surface area contributed by atoms with E-state index in [-0.39, 0.29) is 29.4 Å². The van der Waals surface area contributed by atoms with Crippen molar-refractivity contribution in [2.45, 2.75) is 11.3 Å². The van der Waals surface area contributed by atoms with Gasteiger partial charge in [0.25, 0.3) is 0 Å². The Morgan fingerprint density at radius 2 is 1.96 bits per heavy atom. The van der Waals surface area contributed by atoms with Gasteiger partial charge in [-0.15, -0.1) is 0 Å². The third-order valence-electron chi connectivity index (χ3n) is 3.54. The van der Waals surface area contributed by atoms with Crippen LogP contribution in [-0.4, -0.2) is 52.8 Å². The van der Waals surface area contributed by atoms with Gasteiger partial charge in [0.2, 0.25) is 5.91 Å². The molecule has 0 fully saturated rings. The number of nitrogens with zero attached hydrogens (tertiary/aromatic N) is 3. The lowest BCUT2D eigenvalue weighted by Gasteiger charge is -2.29. The van der Waals surface area contributed by atoms with Gasteiger partial charge in [-0.25, -0.2) is 9.97 Å². The minimum absolute atomic E-state index is 0.0722. The van der Waals surface area contributed by atoms with E-state index in [1.807, 2.05) is 24.3 Å². The molecule has 2 heterocycles. The van der Waals surface area contributed by atoms with Crippen LogP contribution in [0.4, 0.5) is 11.6 Å². The highest BCUT2D eigenvalue weighted by Crippen LogP contribution is 2.31. The highest BCUT2D eigenvalue weighted by Gasteiger charge is 2.23. The van der Waals surface area contributed by atoms with Gasteiger partial charge in [0.05, 0.1) is 12.3 Å². The highest BCUT2D eigenvalue weighted by atomic mass is 32.2. The number of anilines is 2. The fourth-order valence-electron chi connectivity index (χ4n) is 2.32. The van der Waals surface area contributed by atoms with Crippen molar-refractivity contribution in [1.82, 2.24) is 14.9 Å². The van der Waals surface area contributed by atoms with Gasteiger partial charge in [-0.05, 0) is 12.1 Å². The van der Waals surface area contributed by atoms with E-state index in [0.717, 1.165) is 5.75 Å². The van der Waals surface area contributed by atoms with Crippen LogP contribution in [0.3, 0.4) is 0 Å². The van der Waals surface area contributed by atoms with Gasteiger partial charge >= 0.3 is 0 Å². The van der Waals surface area contributed by atoms with Crippen LogP contribution in [0.25, 0.3) is 0 Å². The fraction of sp³-hybridized carbons (Fsp3) is 0.312. The van der Waals surface area contributed by atoms with E-state index >= 15 is 0 Å². The number of para-hydroxylation sites is 2. The topological polar surface area (TPSA) is 117 Å². The number of aromatic nitrogens is 2. The SMILES string of the molecule is CN(C[C@H]1COc2ccccc2O1)C(=O)CSc1nc(N)cc(N)n1. The monoisotopic (exact) mass is 361 g/mol. The van der Waals surface area contributed by atoms with Crippen LogP contribution < -0.4 is 20.9 Å². The van der Waals surface area contributed by atoms with Gasteiger partial charge in [0.15, 0.2) is 22.8 Å². The zero-order chi connectivity index (χ0) is 17.8. The number of hydrogen-bond donors (Lipinski definition) is 2. The molecular weight excluding hydrogens is 342 g/mol. The van der Waals surface area contributed by atoms with Crippen LogP contribution in [-0.2, 0) is 4.79 Å². The van der Waals surface area contributed by atoms with Gasteiger partial charge in [-0.2, -0.15) is 0 Å². The van der Waals surface area contributed by atoms with Crippen LogP contribution in [0.2, 0.25) is 0 Å². The van der Waals surface area contributed by atoms with Crippen LogP contribution >= 0.6 is 11.8 Å². The first kappa shape index (κ1) is 17.2. The predicted molar refractivity (Wildman–Crippen MR) is 95.6 cm³/mol. The largest absolute Gasteiger partial charge is 0.486 e. The van der Waals surface area contributed by atoms with Crippen molar-refractivity contribution in [1.29, 1.82) is 0 Å². The lowest BCUT2D eigenvalue weighted by Crippen LogP contribution is -2.42. The zero-order valence-corrected chi connectivity index (χ0v) is 14.5. The molecule has 1 aliphatic rings. The van der Waals surface area contributed by atoms with Gasteiger partial charge in [-0.3, -0.25) is 4.79 Å². The molecule has 1 amide bonds. The maximum Gasteiger partial charge on any atom is 0.232 e. The van der Waals surface area contributed by atoms with Gasteiger partial charge in [0.1, 0.15) is 18.2 Å². The number of nitrogens with two attached hydrogens (primary N) is 2. The van der Waals surface area contributed by atoms with Crippen molar-refractivity contribution in [2.75, 3.05) is 37.4 Å². The molecule has 9 heteroatoms. The summed E-state index contributed by atoms with van der Waals surface area (Å²) in [4.78, 5) is 22.0. The lowest BCUT2D eigenvalue weighted by molar-refractivity contribution is -0.128. The van der Waals surface area contributed by atoms with Crippen molar-refractivity contribution >= 4 is 29.3 Å². The number of benzene rings is 1. The molecule has 2 aromatic rings. The molecule has 132 valence electrons. The number of fused-ring (bicyclic) bond motifs is 1. The summed E-state index contributed by atoms with van der Waals surface area (Å²) in [7, 11) is 1.72. The number of likely N-dealkylation sites (N-methyl/N-ethyl adjacent to an activating group) is 1. The number of hydrogen-bond acceptors (Lipinski definition) is 8. The number of amides is 1. The van der Waals surface area contributed by atoms with Gasteiger partial charge in [-0.1, -0.05) is 23.9 Å². The smallest absolute Gasteiger partial charge is 0.232 e. The number of nitrogen functional groups attached to an aromatic ring is 2. The molecule has 0 bridgehead atoms. The van der Waals surface area contributed by atoms with E-state index < -0.39 is 0 Å². The number of rotatable bonds is 5. The minimum Gasteiger partial charge on any atom is -0.486 e. The Bertz CT molecular complexity index is 753. The van der Waals surface area contributed by atoms with Crippen LogP contribution in [0.15, 0.2) is 35.5 Å². The Hall–Kier alpha value is -2.68. The molecule has 1 aromatic heterocycles. The predicted octanol–water partition coefficient (Wildman–Crippen LogP) is 1.03. The number of carbonyl (C=O) groups excluding carboxylic acids is 1. The zero-order valence-electron chi connectivity index (χ0n) is 13.7. The first-order valence-electron chi connectivity index (χ1n) is 7.66. The molecule has 1 atom stereocenters. The second-order valence-corrected chi connectivity index (χ2v) is 6.50.